The Balaban J connectivity index is 1.13. The lowest BCUT2D eigenvalue weighted by Crippen LogP contribution is -2.78. The highest BCUT2D eigenvalue weighted by Crippen LogP contribution is 2.67. The fourth-order valence-electron chi connectivity index (χ4n) is 5.05. The minimum atomic E-state index is -1.07. The molecular weight excluding hydrogens is 405 g/mol. The van der Waals surface area contributed by atoms with E-state index in [2.05, 4.69) is 22.9 Å². The maximum atomic E-state index is 13.6. The summed E-state index contributed by atoms with van der Waals surface area (Å²) in [4.78, 5) is 24.7. The van der Waals surface area contributed by atoms with E-state index in [4.69, 9.17) is 16.3 Å². The molecule has 5 fully saturated rings. The normalized spacial score (nSPS) is 44.3. The van der Waals surface area contributed by atoms with Gasteiger partial charge in [0.2, 0.25) is 11.8 Å². The molecule has 5 unspecified atom stereocenters. The molecule has 6 nitrogen and oxygen atoms in total. The first-order valence-corrected chi connectivity index (χ1v) is 11.6. The molecule has 5 rings (SSSR count). The highest BCUT2D eigenvalue weighted by Gasteiger charge is 2.72. The van der Waals surface area contributed by atoms with Crippen molar-refractivity contribution in [2.24, 2.45) is 5.41 Å². The summed E-state index contributed by atoms with van der Waals surface area (Å²) in [6.07, 6.45) is 2.29. The van der Waals surface area contributed by atoms with Gasteiger partial charge in [-0.15, -0.1) is 23.4 Å². The third kappa shape index (κ3) is 4.16. The van der Waals surface area contributed by atoms with Crippen LogP contribution in [-0.4, -0.2) is 65.3 Å². The number of alkyl halides is 2. The van der Waals surface area contributed by atoms with Gasteiger partial charge in [-0.2, -0.15) is 0 Å². The molecule has 158 valence electrons. The number of amides is 2. The van der Waals surface area contributed by atoms with Gasteiger partial charge in [-0.25, -0.2) is 4.39 Å². The van der Waals surface area contributed by atoms with Crippen LogP contribution < -0.4 is 16.0 Å². The Morgan fingerprint density at radius 3 is 2.71 bits per heavy atom. The molecule has 0 aromatic carbocycles. The molecule has 9 heteroatoms. The van der Waals surface area contributed by atoms with E-state index in [1.54, 1.807) is 0 Å². The van der Waals surface area contributed by atoms with Crippen LogP contribution in [0, 0.1) is 5.41 Å². The van der Waals surface area contributed by atoms with Crippen molar-refractivity contribution in [3.8, 4) is 0 Å². The van der Waals surface area contributed by atoms with Gasteiger partial charge in [0.1, 0.15) is 12.8 Å². The van der Waals surface area contributed by atoms with E-state index < -0.39 is 11.5 Å². The van der Waals surface area contributed by atoms with Crippen LogP contribution in [0.3, 0.4) is 0 Å². The molecule has 1 heterocycles. The minimum Gasteiger partial charge on any atom is -0.368 e. The van der Waals surface area contributed by atoms with Crippen LogP contribution in [0.2, 0.25) is 0 Å². The monoisotopic (exact) mass is 433 g/mol. The Morgan fingerprint density at radius 1 is 1.32 bits per heavy atom. The average molecular weight is 434 g/mol. The maximum Gasteiger partial charge on any atom is 0.246 e. The molecule has 1 aliphatic heterocycles. The first kappa shape index (κ1) is 20.7. The Bertz CT molecular complexity index is 620. The second-order valence-electron chi connectivity index (χ2n) is 9.02. The lowest BCUT2D eigenvalue weighted by molar-refractivity contribution is -0.184. The van der Waals surface area contributed by atoms with Crippen molar-refractivity contribution in [3.63, 3.8) is 0 Å². The SMILES string of the molecule is CC1CSC(CNC(=O)C23CC(NC(=O)COC4CCC(Cl)C(F)C4)(C2)C3)N1. The van der Waals surface area contributed by atoms with Gasteiger partial charge < -0.3 is 20.7 Å². The van der Waals surface area contributed by atoms with E-state index in [0.717, 1.165) is 5.75 Å². The second-order valence-corrected chi connectivity index (χ2v) is 10.8. The number of nitrogens with one attached hydrogen (secondary N) is 3. The second kappa shape index (κ2) is 7.93. The molecule has 1 saturated heterocycles. The fourth-order valence-corrected chi connectivity index (χ4v) is 6.42. The van der Waals surface area contributed by atoms with E-state index in [1.165, 1.54) is 0 Å². The zero-order chi connectivity index (χ0) is 19.9. The molecule has 2 amide bonds. The number of hydrogen-bond acceptors (Lipinski definition) is 5. The number of rotatable bonds is 7. The molecule has 3 N–H and O–H groups in total. The van der Waals surface area contributed by atoms with Crippen molar-refractivity contribution in [1.29, 1.82) is 0 Å². The van der Waals surface area contributed by atoms with E-state index in [-0.39, 0.29) is 47.3 Å². The molecule has 0 aromatic heterocycles. The van der Waals surface area contributed by atoms with Crippen LogP contribution >= 0.6 is 23.4 Å². The largest absolute Gasteiger partial charge is 0.368 e. The van der Waals surface area contributed by atoms with Crippen LogP contribution in [0.1, 0.15) is 45.4 Å². The van der Waals surface area contributed by atoms with Crippen LogP contribution in [-0.2, 0) is 14.3 Å². The Labute approximate surface area is 174 Å². The summed E-state index contributed by atoms with van der Waals surface area (Å²) in [5, 5.41) is 9.37. The van der Waals surface area contributed by atoms with Crippen molar-refractivity contribution in [1.82, 2.24) is 16.0 Å². The highest BCUT2D eigenvalue weighted by atomic mass is 35.5. The van der Waals surface area contributed by atoms with Crippen molar-refractivity contribution >= 4 is 35.2 Å². The summed E-state index contributed by atoms with van der Waals surface area (Å²) in [5.41, 5.74) is -0.549. The van der Waals surface area contributed by atoms with Crippen LogP contribution in [0.25, 0.3) is 0 Å². The average Bonchev–Trinajstić information content (AvgIpc) is 3.01. The fraction of sp³-hybridized carbons (Fsp3) is 0.895. The zero-order valence-electron chi connectivity index (χ0n) is 16.1. The zero-order valence-corrected chi connectivity index (χ0v) is 17.7. The quantitative estimate of drug-likeness (QED) is 0.533. The maximum absolute atomic E-state index is 13.6. The van der Waals surface area contributed by atoms with Gasteiger partial charge in [0.05, 0.1) is 22.3 Å². The van der Waals surface area contributed by atoms with Gasteiger partial charge in [0.25, 0.3) is 0 Å². The number of carbonyl (C=O) groups excluding carboxylic acids is 2. The number of thioether (sulfide) groups is 1. The van der Waals surface area contributed by atoms with Gasteiger partial charge in [-0.1, -0.05) is 0 Å². The first-order valence-electron chi connectivity index (χ1n) is 10.2. The van der Waals surface area contributed by atoms with E-state index in [9.17, 15) is 14.0 Å². The van der Waals surface area contributed by atoms with E-state index in [0.29, 0.717) is 44.7 Å². The standard InChI is InChI=1S/C19H29ClFN3O3S/c1-11-7-28-16(23-11)5-22-17(26)18-8-19(9-18,10-18)24-15(25)6-27-12-2-3-13(20)14(21)4-12/h11-14,16,23H,2-10H2,1H3,(H,22,26)(H,24,25). The van der Waals surface area contributed by atoms with Gasteiger partial charge in [-0.3, -0.25) is 9.59 Å². The number of ether oxygens (including phenoxy) is 1. The highest BCUT2D eigenvalue weighted by molar-refractivity contribution is 8.00. The van der Waals surface area contributed by atoms with Crippen molar-refractivity contribution in [2.45, 2.75) is 80.1 Å². The third-order valence-corrected chi connectivity index (χ3v) is 8.37. The first-order chi connectivity index (χ1) is 13.3. The van der Waals surface area contributed by atoms with E-state index >= 15 is 0 Å². The molecule has 0 radical (unpaired) electrons. The van der Waals surface area contributed by atoms with Gasteiger partial charge in [0.15, 0.2) is 0 Å². The Hall–Kier alpha value is -0.570. The third-order valence-electron chi connectivity index (χ3n) is 6.48. The smallest absolute Gasteiger partial charge is 0.246 e. The van der Waals surface area contributed by atoms with Crippen molar-refractivity contribution in [3.05, 3.63) is 0 Å². The molecule has 4 saturated carbocycles. The lowest BCUT2D eigenvalue weighted by Gasteiger charge is -2.69. The van der Waals surface area contributed by atoms with Crippen molar-refractivity contribution in [2.75, 3.05) is 18.9 Å². The minimum absolute atomic E-state index is 0.0615. The lowest BCUT2D eigenvalue weighted by atomic mass is 9.39. The van der Waals surface area contributed by atoms with Crippen LogP contribution in [0.15, 0.2) is 0 Å². The predicted octanol–water partition coefficient (Wildman–Crippen LogP) is 1.71. The Morgan fingerprint density at radius 2 is 2.07 bits per heavy atom. The van der Waals surface area contributed by atoms with Gasteiger partial charge in [0, 0.05) is 30.3 Å². The van der Waals surface area contributed by atoms with Crippen molar-refractivity contribution < 1.29 is 18.7 Å². The molecule has 28 heavy (non-hydrogen) atoms. The van der Waals surface area contributed by atoms with E-state index in [1.807, 2.05) is 11.8 Å². The predicted molar refractivity (Wildman–Crippen MR) is 107 cm³/mol. The molecule has 0 spiro atoms. The number of carbonyl (C=O) groups is 2. The van der Waals surface area contributed by atoms with Crippen LogP contribution in [0.4, 0.5) is 4.39 Å². The summed E-state index contributed by atoms with van der Waals surface area (Å²) in [7, 11) is 0. The van der Waals surface area contributed by atoms with Gasteiger partial charge >= 0.3 is 0 Å². The summed E-state index contributed by atoms with van der Waals surface area (Å²) in [5.74, 6) is 0.994. The molecular formula is C19H29ClFN3O3S. The molecule has 0 aromatic rings. The molecule has 4 aliphatic carbocycles. The summed E-state index contributed by atoms with van der Waals surface area (Å²) < 4.78 is 19.2. The van der Waals surface area contributed by atoms with Gasteiger partial charge in [-0.05, 0) is 39.0 Å². The Kier molecular flexibility index (Phi) is 5.86. The summed E-state index contributed by atoms with van der Waals surface area (Å²) >= 11 is 7.71. The van der Waals surface area contributed by atoms with Crippen LogP contribution in [0.5, 0.6) is 0 Å². The molecule has 2 bridgehead atoms. The number of hydrogen-bond donors (Lipinski definition) is 3. The summed E-state index contributed by atoms with van der Waals surface area (Å²) in [6.45, 7) is 2.72. The molecule has 5 atom stereocenters. The number of halogens is 2. The summed E-state index contributed by atoms with van der Waals surface area (Å²) in [6, 6.07) is 0.489. The molecule has 5 aliphatic rings. The topological polar surface area (TPSA) is 79.5 Å².